The van der Waals surface area contributed by atoms with E-state index in [-0.39, 0.29) is 10.9 Å². The van der Waals surface area contributed by atoms with Crippen molar-refractivity contribution in [2.24, 2.45) is 0 Å². The first kappa shape index (κ1) is 53.7. The van der Waals surface area contributed by atoms with Crippen LogP contribution in [0, 0.1) is 0 Å². The van der Waals surface area contributed by atoms with Gasteiger partial charge in [0.2, 0.25) is 28.7 Å². The predicted octanol–water partition coefficient (Wildman–Crippen LogP) is 15.9. The Balaban J connectivity index is 3.86. The van der Waals surface area contributed by atoms with Gasteiger partial charge in [0.05, 0.1) is 33.0 Å². The zero-order valence-corrected chi connectivity index (χ0v) is 39.7. The van der Waals surface area contributed by atoms with Gasteiger partial charge in [0.15, 0.2) is 0 Å². The van der Waals surface area contributed by atoms with Crippen molar-refractivity contribution in [1.82, 2.24) is 0 Å². The highest BCUT2D eigenvalue weighted by atomic mass is 31.1. The third-order valence-corrected chi connectivity index (χ3v) is 12.3. The van der Waals surface area contributed by atoms with Crippen LogP contribution in [0.1, 0.15) is 234 Å². The number of hydrogen-bond donors (Lipinski definition) is 0. The molecule has 1 atom stereocenters. The minimum absolute atomic E-state index is 0.225. The first-order valence-electron chi connectivity index (χ1n) is 24.4. The van der Waals surface area contributed by atoms with Gasteiger partial charge in [-0.25, -0.2) is 4.79 Å². The summed E-state index contributed by atoms with van der Waals surface area (Å²) >= 11 is 0. The lowest BCUT2D eigenvalue weighted by atomic mass is 10.1. The molecule has 0 fully saturated rings. The molecule has 0 radical (unpaired) electrons. The number of rotatable bonds is 43. The van der Waals surface area contributed by atoms with E-state index in [9.17, 15) is 9.36 Å². The fourth-order valence-corrected chi connectivity index (χ4v) is 8.28. The Labute approximate surface area is 358 Å². The number of hydrogen-bond acceptors (Lipinski definition) is 7. The molecule has 0 heterocycles. The van der Waals surface area contributed by atoms with Crippen molar-refractivity contribution in [3.05, 3.63) is 12.2 Å². The zero-order chi connectivity index (χ0) is 42.5. The average Bonchev–Trinajstić information content (AvgIpc) is 3.22. The molecule has 0 aromatic heterocycles. The molecular formula is C50H90O7P+. The Bertz CT molecular complexity index is 1140. The van der Waals surface area contributed by atoms with Crippen LogP contribution in [0.25, 0.3) is 0 Å². The average molecular weight is 834 g/mol. The van der Waals surface area contributed by atoms with E-state index >= 15 is 0 Å². The van der Waals surface area contributed by atoms with Crippen LogP contribution in [0.5, 0.6) is 28.7 Å². The second-order valence-electron chi connectivity index (χ2n) is 16.5. The van der Waals surface area contributed by atoms with Gasteiger partial charge in [-0.2, -0.15) is 0 Å². The number of carbonyl (C=O) groups is 1. The quantitative estimate of drug-likeness (QED) is 0.0368. The first-order valence-corrected chi connectivity index (χ1v) is 25.7. The smallest absolute Gasteiger partial charge is 0.466 e. The van der Waals surface area contributed by atoms with Crippen LogP contribution < -0.4 is 29.0 Å². The van der Waals surface area contributed by atoms with E-state index in [0.717, 1.165) is 89.9 Å². The SMILES string of the molecule is C=C(C)C(=O)[P+](=O)c1c(OCCCCCCCC)c(OCCCCCCCC)c(OCCCCCCCC)c(OCCCCCCCC)c1OCCCCCCCC. The van der Waals surface area contributed by atoms with Gasteiger partial charge in [-0.15, -0.1) is 0 Å². The standard InChI is InChI=1S/C50H90O7P/c1-8-13-18-23-28-33-38-53-44-45(54-39-34-29-24-19-14-9-2)47(56-41-36-31-26-21-16-11-4)49(58(52)50(51)43(6)7)48(57-42-37-32-27-22-17-12-5)46(44)55-40-35-30-25-20-15-10-3/h6,8-42H2,1-5,7H3/q+1. The molecule has 1 unspecified atom stereocenters. The van der Waals surface area contributed by atoms with Crippen LogP contribution in [-0.2, 0) is 9.36 Å². The minimum Gasteiger partial charge on any atom is -0.486 e. The Morgan fingerprint density at radius 3 is 0.828 bits per heavy atom. The van der Waals surface area contributed by atoms with Crippen LogP contribution in [0.4, 0.5) is 0 Å². The molecule has 7 nitrogen and oxygen atoms in total. The summed E-state index contributed by atoms with van der Waals surface area (Å²) in [7, 11) is -2.66. The van der Waals surface area contributed by atoms with Crippen LogP contribution in [0.2, 0.25) is 0 Å². The summed E-state index contributed by atoms with van der Waals surface area (Å²) in [5, 5.41) is 0.225. The molecule has 8 heteroatoms. The van der Waals surface area contributed by atoms with Crippen molar-refractivity contribution >= 4 is 18.6 Å². The highest BCUT2D eigenvalue weighted by Gasteiger charge is 2.45. The van der Waals surface area contributed by atoms with E-state index in [1.54, 1.807) is 6.92 Å². The molecule has 336 valence electrons. The molecule has 1 aromatic rings. The zero-order valence-electron chi connectivity index (χ0n) is 38.8. The normalized spacial score (nSPS) is 11.4. The Kier molecular flexibility index (Phi) is 34.9. The fraction of sp³-hybridized carbons (Fsp3) is 0.820. The predicted molar refractivity (Wildman–Crippen MR) is 248 cm³/mol. The van der Waals surface area contributed by atoms with Crippen molar-refractivity contribution in [3.63, 3.8) is 0 Å². The van der Waals surface area contributed by atoms with Crippen molar-refractivity contribution in [2.75, 3.05) is 33.0 Å². The molecule has 0 saturated carbocycles. The maximum absolute atomic E-state index is 14.6. The maximum Gasteiger partial charge on any atom is 0.466 e. The van der Waals surface area contributed by atoms with Gasteiger partial charge in [0, 0.05) is 5.57 Å². The topological polar surface area (TPSA) is 80.3 Å². The van der Waals surface area contributed by atoms with E-state index < -0.39 is 13.3 Å². The van der Waals surface area contributed by atoms with E-state index in [0.29, 0.717) is 61.8 Å². The lowest BCUT2D eigenvalue weighted by Crippen LogP contribution is -2.19. The van der Waals surface area contributed by atoms with Crippen LogP contribution in [0.3, 0.4) is 0 Å². The van der Waals surface area contributed by atoms with Crippen LogP contribution >= 0.6 is 7.80 Å². The molecule has 0 N–H and O–H groups in total. The third-order valence-electron chi connectivity index (χ3n) is 10.7. The van der Waals surface area contributed by atoms with E-state index in [1.807, 2.05) is 0 Å². The molecular weight excluding hydrogens is 744 g/mol. The molecule has 58 heavy (non-hydrogen) atoms. The summed E-state index contributed by atoms with van der Waals surface area (Å²) < 4.78 is 48.2. The first-order chi connectivity index (χ1) is 28.4. The molecule has 0 saturated heterocycles. The van der Waals surface area contributed by atoms with E-state index in [1.165, 1.54) is 103 Å². The Hall–Kier alpha value is -2.27. The fourth-order valence-electron chi connectivity index (χ4n) is 7.03. The molecule has 0 spiro atoms. The maximum atomic E-state index is 14.6. The summed E-state index contributed by atoms with van der Waals surface area (Å²) in [5.41, 5.74) is -0.286. The van der Waals surface area contributed by atoms with Gasteiger partial charge in [-0.3, -0.25) is 0 Å². The molecule has 0 aliphatic rings. The number of unbranched alkanes of at least 4 members (excludes halogenated alkanes) is 25. The van der Waals surface area contributed by atoms with E-state index in [2.05, 4.69) is 41.2 Å². The van der Waals surface area contributed by atoms with Crippen molar-refractivity contribution in [2.45, 2.75) is 234 Å². The van der Waals surface area contributed by atoms with Crippen LogP contribution in [0.15, 0.2) is 12.2 Å². The summed E-state index contributed by atoms with van der Waals surface area (Å²) in [4.78, 5) is 13.7. The van der Waals surface area contributed by atoms with E-state index in [4.69, 9.17) is 23.7 Å². The summed E-state index contributed by atoms with van der Waals surface area (Å²) in [5.74, 6) is 1.85. The van der Waals surface area contributed by atoms with Crippen molar-refractivity contribution in [1.29, 1.82) is 0 Å². The van der Waals surface area contributed by atoms with Gasteiger partial charge in [0.1, 0.15) is 0 Å². The molecule has 1 rings (SSSR count). The number of carbonyl (C=O) groups excluding carboxylic acids is 1. The van der Waals surface area contributed by atoms with Gasteiger partial charge >= 0.3 is 13.3 Å². The molecule has 0 aliphatic carbocycles. The number of ether oxygens (including phenoxy) is 5. The number of allylic oxidation sites excluding steroid dienone is 1. The lowest BCUT2D eigenvalue weighted by Gasteiger charge is -2.23. The number of benzene rings is 1. The van der Waals surface area contributed by atoms with Gasteiger partial charge < -0.3 is 23.7 Å². The molecule has 0 aliphatic heterocycles. The molecule has 0 amide bonds. The lowest BCUT2D eigenvalue weighted by molar-refractivity contribution is -0.108. The monoisotopic (exact) mass is 834 g/mol. The summed E-state index contributed by atoms with van der Waals surface area (Å²) in [6.07, 6.45) is 33.5. The summed E-state index contributed by atoms with van der Waals surface area (Å²) in [6, 6.07) is 0. The van der Waals surface area contributed by atoms with Gasteiger partial charge in [-0.1, -0.05) is 206 Å². The Morgan fingerprint density at radius 1 is 0.379 bits per heavy atom. The third kappa shape index (κ3) is 24.1. The van der Waals surface area contributed by atoms with Crippen molar-refractivity contribution < 1.29 is 33.0 Å². The minimum atomic E-state index is -2.66. The second kappa shape index (κ2) is 37.7. The highest BCUT2D eigenvalue weighted by molar-refractivity contribution is 7.72. The molecule has 1 aromatic carbocycles. The van der Waals surface area contributed by atoms with Gasteiger partial charge in [0.25, 0.3) is 5.30 Å². The highest BCUT2D eigenvalue weighted by Crippen LogP contribution is 2.54. The van der Waals surface area contributed by atoms with Crippen LogP contribution in [-0.4, -0.2) is 38.6 Å². The van der Waals surface area contributed by atoms with Gasteiger partial charge in [-0.05, 0) is 39.0 Å². The molecule has 0 bridgehead atoms. The second-order valence-corrected chi connectivity index (χ2v) is 17.9. The Morgan fingerprint density at radius 2 is 0.586 bits per heavy atom. The van der Waals surface area contributed by atoms with Crippen molar-refractivity contribution in [3.8, 4) is 28.7 Å². The summed E-state index contributed by atoms with van der Waals surface area (Å²) in [6.45, 7) is 18.9. The largest absolute Gasteiger partial charge is 0.486 e.